The summed E-state index contributed by atoms with van der Waals surface area (Å²) in [6, 6.07) is 5.01. The van der Waals surface area contributed by atoms with Crippen molar-refractivity contribution in [2.45, 2.75) is 45.7 Å². The van der Waals surface area contributed by atoms with Gasteiger partial charge in [-0.3, -0.25) is 4.79 Å². The number of halogens is 3. The van der Waals surface area contributed by atoms with Crippen molar-refractivity contribution in [2.24, 2.45) is 10.9 Å². The Balaban J connectivity index is 2.28. The first kappa shape index (κ1) is 23.8. The largest absolute Gasteiger partial charge is 0.465 e. The Bertz CT molecular complexity index is 933. The Kier molecular flexibility index (Phi) is 7.26. The summed E-state index contributed by atoms with van der Waals surface area (Å²) in [6.45, 7) is 6.14. The first-order valence-electron chi connectivity index (χ1n) is 10.7. The molecule has 0 amide bonds. The molecule has 9 heteroatoms. The minimum absolute atomic E-state index is 0.0377. The van der Waals surface area contributed by atoms with Crippen molar-refractivity contribution >= 4 is 17.8 Å². The van der Waals surface area contributed by atoms with E-state index in [0.717, 1.165) is 18.9 Å². The number of nitrogens with zero attached hydrogens (tertiary/aromatic N) is 2. The summed E-state index contributed by atoms with van der Waals surface area (Å²) in [4.78, 5) is 32.5. The van der Waals surface area contributed by atoms with Crippen LogP contribution in [0.25, 0.3) is 0 Å². The fourth-order valence-corrected chi connectivity index (χ4v) is 4.37. The van der Waals surface area contributed by atoms with E-state index in [4.69, 9.17) is 9.47 Å². The lowest BCUT2D eigenvalue weighted by molar-refractivity contribution is -0.147. The molecule has 2 heterocycles. The molecule has 3 rings (SSSR count). The molecular formula is C23H27F3N2O4. The van der Waals surface area contributed by atoms with Gasteiger partial charge in [0.05, 0.1) is 30.0 Å². The predicted molar refractivity (Wildman–Crippen MR) is 112 cm³/mol. The molecule has 1 fully saturated rings. The number of likely N-dealkylation sites (tertiary alicyclic amines) is 1. The van der Waals surface area contributed by atoms with Gasteiger partial charge in [0.15, 0.2) is 0 Å². The van der Waals surface area contributed by atoms with Gasteiger partial charge in [-0.15, -0.1) is 0 Å². The van der Waals surface area contributed by atoms with Gasteiger partial charge >= 0.3 is 18.1 Å². The number of hydrogen-bond acceptors (Lipinski definition) is 6. The summed E-state index contributed by atoms with van der Waals surface area (Å²) in [5, 5.41) is 0. The normalized spacial score (nSPS) is 21.4. The second-order valence-electron chi connectivity index (χ2n) is 7.68. The molecule has 0 N–H and O–H groups in total. The summed E-state index contributed by atoms with van der Waals surface area (Å²) in [5.41, 5.74) is -0.888. The summed E-state index contributed by atoms with van der Waals surface area (Å²) < 4.78 is 52.3. The zero-order chi connectivity index (χ0) is 23.5. The van der Waals surface area contributed by atoms with Crippen molar-refractivity contribution in [2.75, 3.05) is 26.3 Å². The number of ether oxygens (including phenoxy) is 2. The number of carbonyl (C=O) groups is 2. The number of amidine groups is 1. The molecule has 6 nitrogen and oxygen atoms in total. The molecule has 1 saturated heterocycles. The third-order valence-corrected chi connectivity index (χ3v) is 5.66. The van der Waals surface area contributed by atoms with Gasteiger partial charge in [0, 0.05) is 19.0 Å². The first-order valence-corrected chi connectivity index (χ1v) is 10.7. The molecule has 32 heavy (non-hydrogen) atoms. The zero-order valence-electron chi connectivity index (χ0n) is 18.4. The maximum atomic E-state index is 14.0. The van der Waals surface area contributed by atoms with Crippen LogP contribution in [0.4, 0.5) is 13.2 Å². The molecule has 0 radical (unpaired) electrons. The van der Waals surface area contributed by atoms with Crippen molar-refractivity contribution in [3.63, 3.8) is 0 Å². The second-order valence-corrected chi connectivity index (χ2v) is 7.68. The Labute approximate surface area is 185 Å². The van der Waals surface area contributed by atoms with Crippen molar-refractivity contribution in [1.82, 2.24) is 4.90 Å². The molecule has 174 valence electrons. The molecule has 0 saturated carbocycles. The highest BCUT2D eigenvalue weighted by Gasteiger charge is 2.48. The van der Waals surface area contributed by atoms with Gasteiger partial charge in [-0.1, -0.05) is 18.2 Å². The van der Waals surface area contributed by atoms with E-state index in [9.17, 15) is 22.8 Å². The van der Waals surface area contributed by atoms with Gasteiger partial charge < -0.3 is 14.4 Å². The Hall–Kier alpha value is -2.84. The van der Waals surface area contributed by atoms with Gasteiger partial charge in [-0.2, -0.15) is 13.2 Å². The van der Waals surface area contributed by atoms with Crippen LogP contribution in [0.2, 0.25) is 0 Å². The number of aliphatic imine (C=N–C) groups is 1. The highest BCUT2D eigenvalue weighted by Crippen LogP contribution is 2.45. The molecule has 0 aliphatic carbocycles. The number of hydrogen-bond donors (Lipinski definition) is 0. The zero-order valence-corrected chi connectivity index (χ0v) is 18.4. The van der Waals surface area contributed by atoms with E-state index in [-0.39, 0.29) is 30.0 Å². The highest BCUT2D eigenvalue weighted by molar-refractivity contribution is 6.07. The van der Waals surface area contributed by atoms with Crippen LogP contribution < -0.4 is 0 Å². The van der Waals surface area contributed by atoms with Crippen LogP contribution in [0.15, 0.2) is 40.5 Å². The second kappa shape index (κ2) is 9.75. The van der Waals surface area contributed by atoms with Gasteiger partial charge in [-0.25, -0.2) is 9.79 Å². The van der Waals surface area contributed by atoms with Crippen LogP contribution >= 0.6 is 0 Å². The lowest BCUT2D eigenvalue weighted by Gasteiger charge is -2.36. The average Bonchev–Trinajstić information content (AvgIpc) is 3.27. The molecule has 2 aliphatic rings. The standard InChI is InChI=1S/C23H27F3N2O4/c1-4-31-21(29)17-14(3)27-20(28-12-8-9-13-28)19(22(30)32-5-2)18(17)15-10-6-7-11-16(15)23(24,25)26/h6-7,10-11,18-19H,4-5,8-9,12-13H2,1-3H3. The topological polar surface area (TPSA) is 68.2 Å². The Morgan fingerprint density at radius 1 is 1.09 bits per heavy atom. The summed E-state index contributed by atoms with van der Waals surface area (Å²) in [6.07, 6.45) is -2.91. The predicted octanol–water partition coefficient (Wildman–Crippen LogP) is 4.31. The van der Waals surface area contributed by atoms with Crippen LogP contribution in [0.3, 0.4) is 0 Å². The van der Waals surface area contributed by atoms with E-state index in [1.165, 1.54) is 18.2 Å². The number of carbonyl (C=O) groups excluding carboxylic acids is 2. The number of alkyl halides is 3. The molecule has 2 unspecified atom stereocenters. The summed E-state index contributed by atoms with van der Waals surface area (Å²) in [7, 11) is 0. The molecule has 1 aromatic carbocycles. The third-order valence-electron chi connectivity index (χ3n) is 5.66. The minimum Gasteiger partial charge on any atom is -0.465 e. The van der Waals surface area contributed by atoms with E-state index in [0.29, 0.717) is 18.9 Å². The number of benzene rings is 1. The smallest absolute Gasteiger partial charge is 0.416 e. The van der Waals surface area contributed by atoms with E-state index < -0.39 is 35.5 Å². The molecular weight excluding hydrogens is 425 g/mol. The minimum atomic E-state index is -4.67. The first-order chi connectivity index (χ1) is 15.2. The highest BCUT2D eigenvalue weighted by atomic mass is 19.4. The Morgan fingerprint density at radius 2 is 1.72 bits per heavy atom. The SMILES string of the molecule is CCOC(=O)C1=C(C)N=C(N2CCCC2)C(C(=O)OCC)C1c1ccccc1C(F)(F)F. The van der Waals surface area contributed by atoms with Gasteiger partial charge in [-0.05, 0) is 45.2 Å². The quantitative estimate of drug-likeness (QED) is 0.623. The van der Waals surface area contributed by atoms with Crippen LogP contribution in [-0.4, -0.2) is 49.0 Å². The lowest BCUT2D eigenvalue weighted by atomic mass is 9.75. The number of esters is 2. The van der Waals surface area contributed by atoms with Crippen molar-refractivity contribution in [3.05, 3.63) is 46.7 Å². The molecule has 0 spiro atoms. The molecule has 0 aromatic heterocycles. The van der Waals surface area contributed by atoms with E-state index in [1.54, 1.807) is 20.8 Å². The van der Waals surface area contributed by atoms with Crippen LogP contribution in [0.1, 0.15) is 50.7 Å². The molecule has 0 bridgehead atoms. The third kappa shape index (κ3) is 4.66. The van der Waals surface area contributed by atoms with Gasteiger partial charge in [0.2, 0.25) is 0 Å². The van der Waals surface area contributed by atoms with Crippen LogP contribution in [0.5, 0.6) is 0 Å². The molecule has 2 atom stereocenters. The van der Waals surface area contributed by atoms with E-state index >= 15 is 0 Å². The average molecular weight is 452 g/mol. The maximum Gasteiger partial charge on any atom is 0.416 e. The van der Waals surface area contributed by atoms with Crippen LogP contribution in [0, 0.1) is 5.92 Å². The number of rotatable bonds is 5. The fraction of sp³-hybridized carbons (Fsp3) is 0.522. The van der Waals surface area contributed by atoms with Crippen molar-refractivity contribution < 1.29 is 32.2 Å². The molecule has 2 aliphatic heterocycles. The fourth-order valence-electron chi connectivity index (χ4n) is 4.37. The number of allylic oxidation sites excluding steroid dienone is 1. The lowest BCUT2D eigenvalue weighted by Crippen LogP contribution is -2.45. The van der Waals surface area contributed by atoms with E-state index in [1.807, 2.05) is 4.90 Å². The van der Waals surface area contributed by atoms with Crippen molar-refractivity contribution in [3.8, 4) is 0 Å². The van der Waals surface area contributed by atoms with Gasteiger partial charge in [0.1, 0.15) is 11.8 Å². The maximum absolute atomic E-state index is 14.0. The summed E-state index contributed by atoms with van der Waals surface area (Å²) in [5.74, 6) is -3.59. The Morgan fingerprint density at radius 3 is 2.31 bits per heavy atom. The monoisotopic (exact) mass is 452 g/mol. The molecule has 1 aromatic rings. The van der Waals surface area contributed by atoms with Crippen LogP contribution in [-0.2, 0) is 25.2 Å². The van der Waals surface area contributed by atoms with Gasteiger partial charge in [0.25, 0.3) is 0 Å². The van der Waals surface area contributed by atoms with Crippen molar-refractivity contribution in [1.29, 1.82) is 0 Å². The van der Waals surface area contributed by atoms with E-state index in [2.05, 4.69) is 4.99 Å². The summed E-state index contributed by atoms with van der Waals surface area (Å²) >= 11 is 0.